The van der Waals surface area contributed by atoms with Crippen molar-refractivity contribution < 1.29 is 17.5 Å². The second kappa shape index (κ2) is 5.13. The number of benzene rings is 1. The summed E-state index contributed by atoms with van der Waals surface area (Å²) in [5, 5.41) is 2.73. The van der Waals surface area contributed by atoms with Crippen molar-refractivity contribution in [1.82, 2.24) is 5.32 Å². The minimum atomic E-state index is -3.46. The fraction of sp³-hybridized carbons (Fsp3) is 0.333. The van der Waals surface area contributed by atoms with Crippen molar-refractivity contribution in [2.45, 2.75) is 0 Å². The molecular formula is C9H13FN2O3S. The number of halogens is 1. The Labute approximate surface area is 93.7 Å². The van der Waals surface area contributed by atoms with Crippen molar-refractivity contribution in [3.8, 4) is 5.75 Å². The van der Waals surface area contributed by atoms with Gasteiger partial charge in [0.25, 0.3) is 0 Å². The molecule has 5 nitrogen and oxygen atoms in total. The van der Waals surface area contributed by atoms with Gasteiger partial charge in [0.1, 0.15) is 18.3 Å². The van der Waals surface area contributed by atoms with Gasteiger partial charge in [0, 0.05) is 6.07 Å². The zero-order valence-corrected chi connectivity index (χ0v) is 9.77. The first-order valence-electron chi connectivity index (χ1n) is 4.47. The van der Waals surface area contributed by atoms with E-state index in [9.17, 15) is 12.8 Å². The molecule has 0 atom stereocenters. The maximum absolute atomic E-state index is 12.9. The number of nitrogens with one attached hydrogen (secondary N) is 2. The first-order valence-corrected chi connectivity index (χ1v) is 6.36. The van der Waals surface area contributed by atoms with E-state index in [-0.39, 0.29) is 18.2 Å². The highest BCUT2D eigenvalue weighted by Crippen LogP contribution is 2.25. The molecule has 0 aliphatic carbocycles. The van der Waals surface area contributed by atoms with E-state index >= 15 is 0 Å². The zero-order valence-electron chi connectivity index (χ0n) is 8.95. The molecule has 0 aliphatic rings. The topological polar surface area (TPSA) is 67.4 Å². The van der Waals surface area contributed by atoms with E-state index < -0.39 is 15.8 Å². The highest BCUT2D eigenvalue weighted by Gasteiger charge is 2.09. The molecule has 7 heteroatoms. The number of hydrogen-bond acceptors (Lipinski definition) is 4. The molecule has 2 N–H and O–H groups in total. The molecule has 0 heterocycles. The summed E-state index contributed by atoms with van der Waals surface area (Å²) in [6, 6.07) is 3.62. The largest absolute Gasteiger partial charge is 0.476 e. The molecule has 0 spiro atoms. The average Bonchev–Trinajstić information content (AvgIpc) is 2.14. The third-order valence-electron chi connectivity index (χ3n) is 1.61. The number of rotatable bonds is 5. The minimum Gasteiger partial charge on any atom is -0.476 e. The summed E-state index contributed by atoms with van der Waals surface area (Å²) in [4.78, 5) is 0. The van der Waals surface area contributed by atoms with Crippen LogP contribution in [0.25, 0.3) is 0 Å². The van der Waals surface area contributed by atoms with Gasteiger partial charge in [-0.3, -0.25) is 10.0 Å². The molecular weight excluding hydrogens is 235 g/mol. The first-order chi connectivity index (χ1) is 7.42. The number of sulfonamides is 1. The highest BCUT2D eigenvalue weighted by molar-refractivity contribution is 7.92. The monoisotopic (exact) mass is 248 g/mol. The molecule has 1 aromatic carbocycles. The third-order valence-corrected chi connectivity index (χ3v) is 2.20. The highest BCUT2D eigenvalue weighted by atomic mass is 32.2. The second-order valence-electron chi connectivity index (χ2n) is 3.16. The van der Waals surface area contributed by atoms with Crippen LogP contribution in [-0.2, 0) is 10.0 Å². The molecule has 0 saturated carbocycles. The summed E-state index contributed by atoms with van der Waals surface area (Å²) in [6.45, 7) is 0.198. The maximum atomic E-state index is 12.9. The Hall–Kier alpha value is -1.34. The summed E-state index contributed by atoms with van der Waals surface area (Å²) in [7, 11) is -1.78. The van der Waals surface area contributed by atoms with Crippen LogP contribution in [-0.4, -0.2) is 28.5 Å². The molecule has 0 fully saturated rings. The van der Waals surface area contributed by atoms with Crippen molar-refractivity contribution >= 4 is 15.7 Å². The fourth-order valence-corrected chi connectivity index (χ4v) is 1.62. The molecule has 90 valence electrons. The van der Waals surface area contributed by atoms with E-state index in [1.54, 1.807) is 7.05 Å². The van der Waals surface area contributed by atoms with Crippen LogP contribution in [0.15, 0.2) is 18.2 Å². The Morgan fingerprint density at radius 1 is 1.44 bits per heavy atom. The van der Waals surface area contributed by atoms with E-state index in [0.29, 0.717) is 0 Å². The van der Waals surface area contributed by atoms with Crippen LogP contribution in [0, 0.1) is 5.82 Å². The van der Waals surface area contributed by atoms with E-state index in [1.807, 2.05) is 0 Å². The summed E-state index contributed by atoms with van der Waals surface area (Å²) < 4.78 is 42.4. The fourth-order valence-electron chi connectivity index (χ4n) is 1.06. The van der Waals surface area contributed by atoms with Crippen LogP contribution in [0.2, 0.25) is 0 Å². The van der Waals surface area contributed by atoms with Crippen LogP contribution in [0.3, 0.4) is 0 Å². The molecule has 0 aromatic heterocycles. The third kappa shape index (κ3) is 4.03. The van der Waals surface area contributed by atoms with Crippen molar-refractivity contribution in [3.05, 3.63) is 24.0 Å². The Balaban J connectivity index is 2.98. The van der Waals surface area contributed by atoms with Crippen molar-refractivity contribution in [1.29, 1.82) is 0 Å². The number of ether oxygens (including phenoxy) is 1. The number of anilines is 1. The van der Waals surface area contributed by atoms with Gasteiger partial charge in [-0.25, -0.2) is 12.8 Å². The van der Waals surface area contributed by atoms with Gasteiger partial charge in [0.05, 0.1) is 11.9 Å². The van der Waals surface area contributed by atoms with Gasteiger partial charge in [-0.05, 0) is 19.2 Å². The molecule has 16 heavy (non-hydrogen) atoms. The molecule has 0 radical (unpaired) electrons. The van der Waals surface area contributed by atoms with E-state index in [0.717, 1.165) is 12.3 Å². The van der Waals surface area contributed by atoms with Crippen molar-refractivity contribution in [3.63, 3.8) is 0 Å². The maximum Gasteiger partial charge on any atom is 0.229 e. The van der Waals surface area contributed by atoms with Gasteiger partial charge in [-0.2, -0.15) is 0 Å². The molecule has 0 unspecified atom stereocenters. The lowest BCUT2D eigenvalue weighted by atomic mass is 10.3. The molecule has 1 rings (SSSR count). The Kier molecular flexibility index (Phi) is 4.08. The van der Waals surface area contributed by atoms with Crippen molar-refractivity contribution in [2.24, 2.45) is 0 Å². The van der Waals surface area contributed by atoms with E-state index in [2.05, 4.69) is 10.0 Å². The standard InChI is InChI=1S/C9H13FN2O3S/c1-11-6-15-9-4-3-7(10)5-8(9)12-16(2,13)14/h3-5,11-12H,6H2,1-2H3. The Bertz CT molecular complexity index is 462. The van der Waals surface area contributed by atoms with Crippen LogP contribution < -0.4 is 14.8 Å². The lowest BCUT2D eigenvalue weighted by Gasteiger charge is -2.11. The molecule has 0 amide bonds. The minimum absolute atomic E-state index is 0.0813. The lowest BCUT2D eigenvalue weighted by molar-refractivity contribution is 0.297. The van der Waals surface area contributed by atoms with E-state index in [1.165, 1.54) is 12.1 Å². The van der Waals surface area contributed by atoms with E-state index in [4.69, 9.17) is 4.74 Å². The van der Waals surface area contributed by atoms with Gasteiger partial charge in [0.15, 0.2) is 0 Å². The SMILES string of the molecule is CNCOc1ccc(F)cc1NS(C)(=O)=O. The van der Waals surface area contributed by atoms with Gasteiger partial charge in [0.2, 0.25) is 10.0 Å². The molecule has 1 aromatic rings. The summed E-state index contributed by atoms with van der Waals surface area (Å²) in [6.07, 6.45) is 0.986. The van der Waals surface area contributed by atoms with Crippen LogP contribution >= 0.6 is 0 Å². The Morgan fingerprint density at radius 3 is 2.69 bits per heavy atom. The zero-order chi connectivity index (χ0) is 12.2. The van der Waals surface area contributed by atoms with Crippen LogP contribution in [0.1, 0.15) is 0 Å². The molecule has 0 aliphatic heterocycles. The molecule has 0 saturated heterocycles. The average molecular weight is 248 g/mol. The lowest BCUT2D eigenvalue weighted by Crippen LogP contribution is -2.16. The normalized spacial score (nSPS) is 11.2. The summed E-state index contributed by atoms with van der Waals surface area (Å²) in [5.41, 5.74) is 0.0813. The van der Waals surface area contributed by atoms with Gasteiger partial charge in [-0.15, -0.1) is 0 Å². The van der Waals surface area contributed by atoms with Gasteiger partial charge in [-0.1, -0.05) is 0 Å². The smallest absolute Gasteiger partial charge is 0.229 e. The van der Waals surface area contributed by atoms with Crippen LogP contribution in [0.4, 0.5) is 10.1 Å². The van der Waals surface area contributed by atoms with Crippen LogP contribution in [0.5, 0.6) is 5.75 Å². The summed E-state index contributed by atoms with van der Waals surface area (Å²) in [5.74, 6) is -0.274. The quantitative estimate of drug-likeness (QED) is 0.755. The van der Waals surface area contributed by atoms with Gasteiger partial charge < -0.3 is 4.74 Å². The second-order valence-corrected chi connectivity index (χ2v) is 4.91. The summed E-state index contributed by atoms with van der Waals surface area (Å²) >= 11 is 0. The van der Waals surface area contributed by atoms with Crippen molar-refractivity contribution in [2.75, 3.05) is 24.8 Å². The number of hydrogen-bond donors (Lipinski definition) is 2. The molecule has 0 bridgehead atoms. The predicted octanol–water partition coefficient (Wildman–Crippen LogP) is 0.753. The predicted molar refractivity (Wildman–Crippen MR) is 59.4 cm³/mol. The van der Waals surface area contributed by atoms with Gasteiger partial charge >= 0.3 is 0 Å². The Morgan fingerprint density at radius 2 is 2.12 bits per heavy atom. The first kappa shape index (κ1) is 12.7.